The van der Waals surface area contributed by atoms with E-state index in [2.05, 4.69) is 17.1 Å². The van der Waals surface area contributed by atoms with Crippen molar-refractivity contribution < 1.29 is 9.59 Å². The van der Waals surface area contributed by atoms with Gasteiger partial charge < -0.3 is 15.1 Å². The van der Waals surface area contributed by atoms with Crippen molar-refractivity contribution >= 4 is 40.3 Å². The zero-order valence-electron chi connectivity index (χ0n) is 16.9. The fraction of sp³-hybridized carbons (Fsp3) is 0.455. The molecule has 0 aliphatic carbocycles. The summed E-state index contributed by atoms with van der Waals surface area (Å²) < 4.78 is 0. The molecular formula is C22H26N4O2S. The van der Waals surface area contributed by atoms with Crippen molar-refractivity contribution in [3.8, 4) is 0 Å². The molecule has 6 nitrogen and oxygen atoms in total. The maximum absolute atomic E-state index is 13.7. The third kappa shape index (κ3) is 2.95. The predicted molar refractivity (Wildman–Crippen MR) is 116 cm³/mol. The van der Waals surface area contributed by atoms with E-state index in [4.69, 9.17) is 0 Å². The Morgan fingerprint density at radius 2 is 2.03 bits per heavy atom. The Labute approximate surface area is 175 Å². The van der Waals surface area contributed by atoms with Crippen LogP contribution in [-0.2, 0) is 0 Å². The Hall–Kier alpha value is -2.38. The highest BCUT2D eigenvalue weighted by Crippen LogP contribution is 2.45. The summed E-state index contributed by atoms with van der Waals surface area (Å²) in [5.74, 6) is -0.154. The average Bonchev–Trinajstić information content (AvgIpc) is 3.24. The Morgan fingerprint density at radius 1 is 1.24 bits per heavy atom. The van der Waals surface area contributed by atoms with Gasteiger partial charge in [0.1, 0.15) is 0 Å². The monoisotopic (exact) mass is 410 g/mol. The van der Waals surface area contributed by atoms with Gasteiger partial charge in [-0.05, 0) is 45.0 Å². The summed E-state index contributed by atoms with van der Waals surface area (Å²) in [5.41, 5.74) is 2.96. The number of carbonyl (C=O) groups excluding carboxylic acids is 2. The van der Waals surface area contributed by atoms with Crippen molar-refractivity contribution in [1.29, 1.82) is 0 Å². The molecule has 1 aromatic heterocycles. The highest BCUT2D eigenvalue weighted by molar-refractivity contribution is 7.11. The molecule has 5 rings (SSSR count). The first kappa shape index (κ1) is 18.6. The number of benzene rings is 1. The van der Waals surface area contributed by atoms with Crippen LogP contribution in [-0.4, -0.2) is 54.5 Å². The Kier molecular flexibility index (Phi) is 4.40. The molecule has 2 aromatic rings. The number of carbonyl (C=O) groups is 2. The van der Waals surface area contributed by atoms with E-state index in [0.29, 0.717) is 11.3 Å². The lowest BCUT2D eigenvalue weighted by Gasteiger charge is -2.49. The van der Waals surface area contributed by atoms with Gasteiger partial charge in [0.15, 0.2) is 0 Å². The zero-order valence-corrected chi connectivity index (χ0v) is 17.7. The van der Waals surface area contributed by atoms with Gasteiger partial charge in [-0.2, -0.15) is 0 Å². The van der Waals surface area contributed by atoms with Crippen LogP contribution in [0.15, 0.2) is 29.6 Å². The number of para-hydroxylation sites is 2. The Morgan fingerprint density at radius 3 is 2.83 bits per heavy atom. The third-order valence-electron chi connectivity index (χ3n) is 6.38. The number of urea groups is 1. The third-order valence-corrected chi connectivity index (χ3v) is 7.28. The topological polar surface area (TPSA) is 55.9 Å². The number of thiophene rings is 1. The summed E-state index contributed by atoms with van der Waals surface area (Å²) in [4.78, 5) is 33.6. The molecule has 2 saturated heterocycles. The van der Waals surface area contributed by atoms with E-state index in [0.717, 1.165) is 55.4 Å². The lowest BCUT2D eigenvalue weighted by atomic mass is 9.79. The van der Waals surface area contributed by atoms with Crippen LogP contribution in [0, 0.1) is 12.3 Å². The highest BCUT2D eigenvalue weighted by Gasteiger charge is 2.50. The smallest absolute Gasteiger partial charge is 0.323 e. The first-order valence-corrected chi connectivity index (χ1v) is 11.2. The van der Waals surface area contributed by atoms with Crippen molar-refractivity contribution in [2.45, 2.75) is 26.7 Å². The quantitative estimate of drug-likeness (QED) is 0.803. The maximum Gasteiger partial charge on any atom is 0.329 e. The lowest BCUT2D eigenvalue weighted by Crippen LogP contribution is -2.61. The molecular weight excluding hydrogens is 384 g/mol. The van der Waals surface area contributed by atoms with Gasteiger partial charge in [-0.3, -0.25) is 9.69 Å². The number of nitrogens with zero attached hydrogens (tertiary/aromatic N) is 3. The predicted octanol–water partition coefficient (Wildman–Crippen LogP) is 4.30. The molecule has 0 radical (unpaired) electrons. The molecule has 1 spiro atoms. The second-order valence-electron chi connectivity index (χ2n) is 8.53. The molecule has 3 aliphatic heterocycles. The molecule has 152 valence electrons. The van der Waals surface area contributed by atoms with Crippen molar-refractivity contribution in [2.75, 3.05) is 42.9 Å². The molecule has 0 saturated carbocycles. The number of amides is 3. The minimum Gasteiger partial charge on any atom is -0.323 e. The summed E-state index contributed by atoms with van der Waals surface area (Å²) in [6.07, 6.45) is 2.33. The SMILES string of the molecule is CCCN1CCC2(C1)CN(C(=O)N1c3ccccc3NC(=O)c3csc(C)c31)C2. The second kappa shape index (κ2) is 6.85. The number of likely N-dealkylation sites (tertiary alicyclic amines) is 2. The van der Waals surface area contributed by atoms with Crippen molar-refractivity contribution in [2.24, 2.45) is 5.41 Å². The Balaban J connectivity index is 1.45. The van der Waals surface area contributed by atoms with Crippen LogP contribution >= 0.6 is 11.3 Å². The molecule has 1 aromatic carbocycles. The van der Waals surface area contributed by atoms with Crippen LogP contribution in [0.3, 0.4) is 0 Å². The van der Waals surface area contributed by atoms with Crippen LogP contribution in [0.4, 0.5) is 21.9 Å². The first-order valence-electron chi connectivity index (χ1n) is 10.3. The number of anilines is 3. The van der Waals surface area contributed by atoms with Crippen molar-refractivity contribution in [3.63, 3.8) is 0 Å². The lowest BCUT2D eigenvalue weighted by molar-refractivity contribution is 0.0425. The molecule has 3 amide bonds. The van der Waals surface area contributed by atoms with Gasteiger partial charge in [0, 0.05) is 35.3 Å². The van der Waals surface area contributed by atoms with Gasteiger partial charge in [0.2, 0.25) is 0 Å². The van der Waals surface area contributed by atoms with Gasteiger partial charge in [-0.25, -0.2) is 4.79 Å². The van der Waals surface area contributed by atoms with Crippen LogP contribution in [0.5, 0.6) is 0 Å². The van der Waals surface area contributed by atoms with Gasteiger partial charge >= 0.3 is 6.03 Å². The highest BCUT2D eigenvalue weighted by atomic mass is 32.1. The summed E-state index contributed by atoms with van der Waals surface area (Å²) in [6, 6.07) is 7.53. The molecule has 1 N–H and O–H groups in total. The van der Waals surface area contributed by atoms with Crippen LogP contribution in [0.25, 0.3) is 0 Å². The van der Waals surface area contributed by atoms with Crippen LogP contribution < -0.4 is 10.2 Å². The minimum atomic E-state index is -0.154. The van der Waals surface area contributed by atoms with E-state index >= 15 is 0 Å². The fourth-order valence-electron chi connectivity index (χ4n) is 5.00. The molecule has 29 heavy (non-hydrogen) atoms. The van der Waals surface area contributed by atoms with Gasteiger partial charge in [0.25, 0.3) is 5.91 Å². The van der Waals surface area contributed by atoms with Gasteiger partial charge in [0.05, 0.1) is 22.6 Å². The standard InChI is InChI=1S/C22H26N4O2S/c1-3-9-24-10-8-22(12-24)13-25(14-22)21(28)26-18-7-5-4-6-17(18)23-20(27)16-11-29-15(2)19(16)26/h4-7,11H,3,8-10,12-14H2,1-2H3,(H,23,27). The average molecular weight is 411 g/mol. The summed E-state index contributed by atoms with van der Waals surface area (Å²) in [6.45, 7) is 9.14. The first-order chi connectivity index (χ1) is 14.0. The fourth-order valence-corrected chi connectivity index (χ4v) is 5.83. The summed E-state index contributed by atoms with van der Waals surface area (Å²) >= 11 is 1.51. The maximum atomic E-state index is 13.7. The molecule has 0 unspecified atom stereocenters. The molecule has 2 fully saturated rings. The molecule has 4 heterocycles. The molecule has 0 atom stereocenters. The van der Waals surface area contributed by atoms with E-state index in [1.807, 2.05) is 41.5 Å². The van der Waals surface area contributed by atoms with E-state index in [9.17, 15) is 9.59 Å². The molecule has 7 heteroatoms. The number of aryl methyl sites for hydroxylation is 1. The van der Waals surface area contributed by atoms with Gasteiger partial charge in [-0.15, -0.1) is 11.3 Å². The zero-order chi connectivity index (χ0) is 20.2. The summed E-state index contributed by atoms with van der Waals surface area (Å²) in [7, 11) is 0. The van der Waals surface area contributed by atoms with Gasteiger partial charge in [-0.1, -0.05) is 19.1 Å². The van der Waals surface area contributed by atoms with Crippen molar-refractivity contribution in [3.05, 3.63) is 40.1 Å². The number of fused-ring (bicyclic) bond motifs is 2. The van der Waals surface area contributed by atoms with Crippen LogP contribution in [0.2, 0.25) is 0 Å². The normalized spacial score (nSPS) is 20.1. The largest absolute Gasteiger partial charge is 0.329 e. The number of hydrogen-bond acceptors (Lipinski definition) is 4. The van der Waals surface area contributed by atoms with E-state index < -0.39 is 0 Å². The second-order valence-corrected chi connectivity index (χ2v) is 9.61. The van der Waals surface area contributed by atoms with E-state index in [-0.39, 0.29) is 17.4 Å². The Bertz CT molecular complexity index is 979. The van der Waals surface area contributed by atoms with Crippen LogP contribution in [0.1, 0.15) is 35.0 Å². The number of hydrogen-bond donors (Lipinski definition) is 1. The summed E-state index contributed by atoms with van der Waals surface area (Å²) in [5, 5.41) is 4.82. The molecule has 0 bridgehead atoms. The van der Waals surface area contributed by atoms with Crippen molar-refractivity contribution in [1.82, 2.24) is 9.80 Å². The molecule has 3 aliphatic rings. The van der Waals surface area contributed by atoms with E-state index in [1.165, 1.54) is 17.8 Å². The number of rotatable bonds is 2. The minimum absolute atomic E-state index is 0.0312. The number of nitrogens with one attached hydrogen (secondary N) is 1. The van der Waals surface area contributed by atoms with E-state index in [1.54, 1.807) is 4.90 Å².